The van der Waals surface area contributed by atoms with Crippen LogP contribution in [0.4, 0.5) is 10.5 Å². The normalized spacial score (nSPS) is 23.2. The Kier molecular flexibility index (Phi) is 11.6. The lowest BCUT2D eigenvalue weighted by atomic mass is 9.94. The van der Waals surface area contributed by atoms with E-state index in [0.29, 0.717) is 23.4 Å². The highest BCUT2D eigenvalue weighted by atomic mass is 28.4. The van der Waals surface area contributed by atoms with Crippen molar-refractivity contribution in [2.75, 3.05) is 5.32 Å². The minimum absolute atomic E-state index is 0.0809. The van der Waals surface area contributed by atoms with Crippen LogP contribution in [-0.2, 0) is 23.4 Å². The predicted molar refractivity (Wildman–Crippen MR) is 189 cm³/mol. The number of rotatable bonds is 10. The highest BCUT2D eigenvalue weighted by Crippen LogP contribution is 2.40. The Hall–Kier alpha value is -2.66. The van der Waals surface area contributed by atoms with Crippen molar-refractivity contribution in [3.8, 4) is 5.75 Å². The monoisotopic (exact) mass is 673 g/mol. The van der Waals surface area contributed by atoms with Gasteiger partial charge in [0.15, 0.2) is 14.1 Å². The van der Waals surface area contributed by atoms with E-state index in [2.05, 4.69) is 72.1 Å². The largest absolute Gasteiger partial charge is 0.452 e. The molecule has 1 aromatic carbocycles. The molecule has 0 aromatic heterocycles. The summed E-state index contributed by atoms with van der Waals surface area (Å²) in [4.78, 5) is 25.6. The number of cyclic esters (lactones) is 1. The fourth-order valence-electron chi connectivity index (χ4n) is 5.31. The van der Waals surface area contributed by atoms with E-state index in [1.165, 1.54) is 0 Å². The lowest BCUT2D eigenvalue weighted by Crippen LogP contribution is -2.44. The van der Waals surface area contributed by atoms with Gasteiger partial charge in [0.2, 0.25) is 5.79 Å². The van der Waals surface area contributed by atoms with Crippen molar-refractivity contribution in [3.63, 3.8) is 0 Å². The van der Waals surface area contributed by atoms with Crippen molar-refractivity contribution in [3.05, 3.63) is 41.5 Å². The molecule has 47 heavy (non-hydrogen) atoms. The van der Waals surface area contributed by atoms with Crippen LogP contribution in [0.5, 0.6) is 5.75 Å². The summed E-state index contributed by atoms with van der Waals surface area (Å²) in [6.07, 6.45) is 7.84. The highest BCUT2D eigenvalue weighted by Gasteiger charge is 2.43. The second kappa shape index (κ2) is 14.1. The molecule has 264 valence electrons. The quantitative estimate of drug-likeness (QED) is 0.149. The lowest BCUT2D eigenvalue weighted by molar-refractivity contribution is -0.148. The summed E-state index contributed by atoms with van der Waals surface area (Å²) in [5, 5.41) is 2.91. The zero-order chi connectivity index (χ0) is 35.8. The van der Waals surface area contributed by atoms with Crippen LogP contribution in [0.2, 0.25) is 18.1 Å². The topological polar surface area (TPSA) is 102 Å². The Labute approximate surface area is 283 Å². The number of hydrogen-bond acceptors (Lipinski definition) is 8. The van der Waals surface area contributed by atoms with E-state index < -0.39 is 37.6 Å². The third kappa shape index (κ3) is 10.7. The number of nitrogens with one attached hydrogen (secondary N) is 1. The molecule has 0 aliphatic carbocycles. The Morgan fingerprint density at radius 1 is 0.979 bits per heavy atom. The SMILES string of the molecule is C[C@H](/C=C\[C@@H](C)[C@H](C)O[Si](C)(C)C(C)(C)C)[C@H]1OC(C)(C)O[C@H]1C/C=C/c1cc(NC(=O)OC(C)(C)C)cc2c1C(=O)OC(C)(C)O2. The summed E-state index contributed by atoms with van der Waals surface area (Å²) in [5.41, 5.74) is 0.594. The maximum absolute atomic E-state index is 13.1. The summed E-state index contributed by atoms with van der Waals surface area (Å²) >= 11 is 0. The molecule has 0 radical (unpaired) electrons. The first-order chi connectivity index (χ1) is 21.3. The first kappa shape index (κ1) is 38.8. The zero-order valence-electron chi connectivity index (χ0n) is 31.3. The van der Waals surface area contributed by atoms with Crippen molar-refractivity contribution in [1.29, 1.82) is 0 Å². The summed E-state index contributed by atoms with van der Waals surface area (Å²) in [5.74, 6) is -1.76. The molecule has 0 spiro atoms. The zero-order valence-corrected chi connectivity index (χ0v) is 32.3. The first-order valence-electron chi connectivity index (χ1n) is 16.8. The Balaban J connectivity index is 1.80. The molecule has 3 rings (SSSR count). The molecule has 5 atom stereocenters. The number of anilines is 1. The lowest BCUT2D eigenvalue weighted by Gasteiger charge is -2.39. The molecule has 2 aliphatic rings. The van der Waals surface area contributed by atoms with Crippen LogP contribution in [0.3, 0.4) is 0 Å². The molecule has 0 unspecified atom stereocenters. The van der Waals surface area contributed by atoms with Crippen molar-refractivity contribution >= 4 is 32.1 Å². The standard InChI is InChI=1S/C37H59NO8Si/c1-23(25(3)46-47(14,15)35(7,8)9)19-20-24(2)31-28(41-36(10,11)43-31)18-16-17-26-21-27(38-33(40)45-34(4,5)6)22-29-30(26)32(39)44-37(12,13)42-29/h16-17,19-25,28,31H,18H2,1-15H3,(H,38,40)/b17-16+,20-19-/t23-,24-,25+,28+,31-/m1/s1. The summed E-state index contributed by atoms with van der Waals surface area (Å²) in [6, 6.07) is 3.31. The molecule has 0 bridgehead atoms. The van der Waals surface area contributed by atoms with Crippen molar-refractivity contribution in [2.24, 2.45) is 11.8 Å². The van der Waals surface area contributed by atoms with Crippen LogP contribution in [0, 0.1) is 11.8 Å². The highest BCUT2D eigenvalue weighted by molar-refractivity contribution is 6.74. The summed E-state index contributed by atoms with van der Waals surface area (Å²) < 4.78 is 36.3. The fourth-order valence-corrected chi connectivity index (χ4v) is 6.80. The van der Waals surface area contributed by atoms with Crippen LogP contribution < -0.4 is 10.1 Å². The summed E-state index contributed by atoms with van der Waals surface area (Å²) in [6.45, 7) is 30.4. The van der Waals surface area contributed by atoms with Crippen LogP contribution in [0.1, 0.15) is 112 Å². The van der Waals surface area contributed by atoms with Gasteiger partial charge in [0.25, 0.3) is 0 Å². The van der Waals surface area contributed by atoms with E-state index in [9.17, 15) is 9.59 Å². The third-order valence-electron chi connectivity index (χ3n) is 8.83. The van der Waals surface area contributed by atoms with Crippen molar-refractivity contribution < 1.29 is 37.7 Å². The third-order valence-corrected chi connectivity index (χ3v) is 13.4. The average molecular weight is 674 g/mol. The van der Waals surface area contributed by atoms with Crippen LogP contribution in [-0.4, -0.2) is 55.9 Å². The number of amides is 1. The molecule has 1 amide bonds. The number of esters is 1. The van der Waals surface area contributed by atoms with Crippen molar-refractivity contribution in [2.45, 2.75) is 150 Å². The fraction of sp³-hybridized carbons (Fsp3) is 0.676. The van der Waals surface area contributed by atoms with E-state index in [1.54, 1.807) is 46.8 Å². The second-order valence-electron chi connectivity index (χ2n) is 16.4. The number of ether oxygens (including phenoxy) is 5. The maximum Gasteiger partial charge on any atom is 0.412 e. The van der Waals surface area contributed by atoms with Gasteiger partial charge in [-0.15, -0.1) is 0 Å². The van der Waals surface area contributed by atoms with E-state index in [1.807, 2.05) is 26.0 Å². The number of benzene rings is 1. The molecular formula is C37H59NO8Si. The number of hydrogen-bond donors (Lipinski definition) is 1. The van der Waals surface area contributed by atoms with E-state index in [0.717, 1.165) is 0 Å². The first-order valence-corrected chi connectivity index (χ1v) is 19.7. The van der Waals surface area contributed by atoms with Gasteiger partial charge in [-0.1, -0.05) is 58.9 Å². The molecule has 9 nitrogen and oxygen atoms in total. The van der Waals surface area contributed by atoms with Gasteiger partial charge >= 0.3 is 12.1 Å². The van der Waals surface area contributed by atoms with Gasteiger partial charge in [-0.3, -0.25) is 5.32 Å². The molecule has 1 aromatic rings. The molecule has 1 saturated heterocycles. The van der Waals surface area contributed by atoms with E-state index in [4.69, 9.17) is 28.1 Å². The molecule has 2 heterocycles. The number of carbonyl (C=O) groups excluding carboxylic acids is 2. The smallest absolute Gasteiger partial charge is 0.412 e. The average Bonchev–Trinajstić information content (AvgIpc) is 3.17. The van der Waals surface area contributed by atoms with Crippen molar-refractivity contribution in [1.82, 2.24) is 0 Å². The Bertz CT molecular complexity index is 1350. The van der Waals surface area contributed by atoms with Gasteiger partial charge in [-0.05, 0) is 83.6 Å². The molecule has 1 N–H and O–H groups in total. The van der Waals surface area contributed by atoms with E-state index >= 15 is 0 Å². The van der Waals surface area contributed by atoms with Gasteiger partial charge in [0, 0.05) is 37.6 Å². The summed E-state index contributed by atoms with van der Waals surface area (Å²) in [7, 11) is -1.88. The van der Waals surface area contributed by atoms with Crippen LogP contribution >= 0.6 is 0 Å². The molecule has 2 aliphatic heterocycles. The number of fused-ring (bicyclic) bond motifs is 1. The maximum atomic E-state index is 13.1. The minimum Gasteiger partial charge on any atom is -0.452 e. The molecule has 10 heteroatoms. The van der Waals surface area contributed by atoms with Gasteiger partial charge < -0.3 is 28.1 Å². The van der Waals surface area contributed by atoms with Gasteiger partial charge in [-0.25, -0.2) is 9.59 Å². The second-order valence-corrected chi connectivity index (χ2v) is 21.2. The van der Waals surface area contributed by atoms with Gasteiger partial charge in [0.05, 0.1) is 12.2 Å². The number of carbonyl (C=O) groups is 2. The Morgan fingerprint density at radius 2 is 1.62 bits per heavy atom. The van der Waals surface area contributed by atoms with Gasteiger partial charge in [0.1, 0.15) is 16.9 Å². The predicted octanol–water partition coefficient (Wildman–Crippen LogP) is 9.48. The van der Waals surface area contributed by atoms with E-state index in [-0.39, 0.29) is 40.7 Å². The van der Waals surface area contributed by atoms with Crippen LogP contribution in [0.15, 0.2) is 30.4 Å². The van der Waals surface area contributed by atoms with Crippen LogP contribution in [0.25, 0.3) is 6.08 Å². The Morgan fingerprint density at radius 3 is 2.21 bits per heavy atom. The molecular weight excluding hydrogens is 614 g/mol. The molecule has 0 saturated carbocycles. The van der Waals surface area contributed by atoms with Gasteiger partial charge in [-0.2, -0.15) is 0 Å². The molecule has 1 fully saturated rings. The minimum atomic E-state index is -1.88.